The number of halogens is 1. The summed E-state index contributed by atoms with van der Waals surface area (Å²) in [5.41, 5.74) is -5.38. The second-order valence-corrected chi connectivity index (χ2v) is 15.2. The summed E-state index contributed by atoms with van der Waals surface area (Å²) in [7, 11) is 0. The highest BCUT2D eigenvalue weighted by atomic mass is 19.1. The van der Waals surface area contributed by atoms with E-state index in [9.17, 15) is 24.6 Å². The Labute approximate surface area is 270 Å². The standard InChI is InChI=1S/C38H59FO6/c1-5-6-7-8-9-10-11-12-13-14-15-16-17-18-34(43)45-26-33(42)38(44)27(2)23-31-30-20-19-28-24-29(40)21-22-35(28,3)37(30,39)32(41)25-36(31,38)4/h19,21-22,27,30-32,41,44H,5-18,20,23-26H2,1-4H3/t27-,30?,31?,32+,35+,36+,37+,38+/m1/s1. The smallest absolute Gasteiger partial charge is 0.306 e. The van der Waals surface area contributed by atoms with Gasteiger partial charge >= 0.3 is 5.97 Å². The van der Waals surface area contributed by atoms with Crippen molar-refractivity contribution in [3.8, 4) is 0 Å². The number of hydrogen-bond donors (Lipinski definition) is 2. The number of allylic oxidation sites excluding steroid dienone is 4. The molecule has 0 aliphatic heterocycles. The van der Waals surface area contributed by atoms with Crippen molar-refractivity contribution >= 4 is 17.5 Å². The van der Waals surface area contributed by atoms with Gasteiger partial charge in [0.15, 0.2) is 18.1 Å². The number of aliphatic hydroxyl groups is 2. The fourth-order valence-electron chi connectivity index (χ4n) is 9.66. The van der Waals surface area contributed by atoms with Crippen molar-refractivity contribution in [2.24, 2.45) is 28.6 Å². The number of unbranched alkanes of at least 4 members (excludes halogenated alkanes) is 12. The van der Waals surface area contributed by atoms with Crippen LogP contribution in [-0.2, 0) is 19.1 Å². The van der Waals surface area contributed by atoms with Crippen LogP contribution in [0, 0.1) is 28.6 Å². The number of carbonyl (C=O) groups excluding carboxylic acids is 3. The Kier molecular flexibility index (Phi) is 11.9. The third kappa shape index (κ3) is 6.77. The molecule has 0 amide bonds. The highest BCUT2D eigenvalue weighted by Crippen LogP contribution is 2.70. The number of hydrogen-bond acceptors (Lipinski definition) is 6. The van der Waals surface area contributed by atoms with Crippen molar-refractivity contribution in [2.75, 3.05) is 6.61 Å². The molecule has 0 saturated heterocycles. The molecule has 45 heavy (non-hydrogen) atoms. The van der Waals surface area contributed by atoms with Gasteiger partial charge in [0.1, 0.15) is 5.60 Å². The molecular formula is C38H59FO6. The summed E-state index contributed by atoms with van der Waals surface area (Å²) >= 11 is 0. The first kappa shape index (κ1) is 36.0. The molecule has 2 unspecified atom stereocenters. The number of alkyl halides is 1. The molecular weight excluding hydrogens is 571 g/mol. The van der Waals surface area contributed by atoms with Crippen molar-refractivity contribution in [2.45, 2.75) is 161 Å². The van der Waals surface area contributed by atoms with Crippen LogP contribution in [0.2, 0.25) is 0 Å². The van der Waals surface area contributed by atoms with E-state index in [0.29, 0.717) is 24.8 Å². The number of aliphatic hydroxyl groups excluding tert-OH is 1. The van der Waals surface area contributed by atoms with Gasteiger partial charge < -0.3 is 14.9 Å². The van der Waals surface area contributed by atoms with E-state index >= 15 is 4.39 Å². The maximum Gasteiger partial charge on any atom is 0.306 e. The Morgan fingerprint density at radius 2 is 1.53 bits per heavy atom. The van der Waals surface area contributed by atoms with Gasteiger partial charge in [0.05, 0.1) is 6.10 Å². The molecule has 0 bridgehead atoms. The molecule has 0 aromatic carbocycles. The summed E-state index contributed by atoms with van der Waals surface area (Å²) in [6.45, 7) is 7.07. The van der Waals surface area contributed by atoms with Gasteiger partial charge in [-0.15, -0.1) is 0 Å². The van der Waals surface area contributed by atoms with Gasteiger partial charge in [-0.25, -0.2) is 4.39 Å². The van der Waals surface area contributed by atoms with Gasteiger partial charge in [-0.05, 0) is 50.5 Å². The lowest BCUT2D eigenvalue weighted by Gasteiger charge is -2.62. The molecule has 0 aromatic heterocycles. The van der Waals surface area contributed by atoms with Gasteiger partial charge in [-0.1, -0.05) is 116 Å². The normalized spacial score (nSPS) is 37.0. The second kappa shape index (κ2) is 14.9. The molecule has 8 atom stereocenters. The molecule has 0 spiro atoms. The Bertz CT molecular complexity index is 1130. The molecule has 2 saturated carbocycles. The van der Waals surface area contributed by atoms with Crippen molar-refractivity contribution in [1.82, 2.24) is 0 Å². The molecule has 7 heteroatoms. The van der Waals surface area contributed by atoms with E-state index in [-0.39, 0.29) is 31.0 Å². The number of ether oxygens (including phenoxy) is 1. The van der Waals surface area contributed by atoms with Crippen LogP contribution in [0.1, 0.15) is 143 Å². The topological polar surface area (TPSA) is 101 Å². The molecule has 4 aliphatic carbocycles. The average molecular weight is 631 g/mol. The number of esters is 1. The van der Waals surface area contributed by atoms with Gasteiger partial charge in [0.25, 0.3) is 0 Å². The molecule has 4 rings (SSSR count). The minimum atomic E-state index is -2.02. The highest BCUT2D eigenvalue weighted by molar-refractivity contribution is 5.94. The maximum absolute atomic E-state index is 17.3. The van der Waals surface area contributed by atoms with Crippen LogP contribution in [0.15, 0.2) is 23.8 Å². The van der Waals surface area contributed by atoms with Crippen molar-refractivity contribution in [3.05, 3.63) is 23.8 Å². The Balaban J connectivity index is 1.24. The van der Waals surface area contributed by atoms with E-state index < -0.39 is 58.4 Å². The number of Topliss-reactive ketones (excluding diaryl/α,β-unsaturated/α-hetero) is 1. The summed E-state index contributed by atoms with van der Waals surface area (Å²) in [5, 5.41) is 23.6. The van der Waals surface area contributed by atoms with Crippen molar-refractivity contribution in [3.63, 3.8) is 0 Å². The first-order valence-corrected chi connectivity index (χ1v) is 18.1. The summed E-state index contributed by atoms with van der Waals surface area (Å²) < 4.78 is 22.7. The van der Waals surface area contributed by atoms with Crippen molar-refractivity contribution < 1.29 is 33.7 Å². The fraction of sp³-hybridized carbons (Fsp3) is 0.816. The summed E-state index contributed by atoms with van der Waals surface area (Å²) in [6, 6.07) is 0. The van der Waals surface area contributed by atoms with Gasteiger partial charge in [0, 0.05) is 29.6 Å². The monoisotopic (exact) mass is 630 g/mol. The predicted octanol–water partition coefficient (Wildman–Crippen LogP) is 7.93. The molecule has 0 radical (unpaired) electrons. The fourth-order valence-corrected chi connectivity index (χ4v) is 9.66. The van der Waals surface area contributed by atoms with Crippen LogP contribution in [0.3, 0.4) is 0 Å². The number of ketones is 2. The van der Waals surface area contributed by atoms with E-state index in [4.69, 9.17) is 4.74 Å². The summed E-state index contributed by atoms with van der Waals surface area (Å²) in [4.78, 5) is 38.2. The van der Waals surface area contributed by atoms with E-state index in [1.807, 2.05) is 6.08 Å². The number of rotatable bonds is 17. The van der Waals surface area contributed by atoms with Gasteiger partial charge in [0.2, 0.25) is 5.78 Å². The summed E-state index contributed by atoms with van der Waals surface area (Å²) in [6.07, 6.45) is 20.4. The molecule has 254 valence electrons. The predicted molar refractivity (Wildman–Crippen MR) is 174 cm³/mol. The molecule has 2 fully saturated rings. The minimum absolute atomic E-state index is 0.0750. The summed E-state index contributed by atoms with van der Waals surface area (Å²) in [5.74, 6) is -2.56. The van der Waals surface area contributed by atoms with Gasteiger partial charge in [-0.3, -0.25) is 14.4 Å². The third-order valence-electron chi connectivity index (χ3n) is 12.5. The molecule has 0 aromatic rings. The largest absolute Gasteiger partial charge is 0.458 e. The lowest BCUT2D eigenvalue weighted by Crippen LogP contribution is -2.69. The van der Waals surface area contributed by atoms with E-state index in [1.165, 1.54) is 70.3 Å². The Morgan fingerprint density at radius 3 is 2.13 bits per heavy atom. The first-order chi connectivity index (χ1) is 21.4. The first-order valence-electron chi connectivity index (χ1n) is 18.1. The lowest BCUT2D eigenvalue weighted by atomic mass is 9.45. The maximum atomic E-state index is 17.3. The third-order valence-corrected chi connectivity index (χ3v) is 12.5. The Hall–Kier alpha value is -1.86. The van der Waals surface area contributed by atoms with E-state index in [0.717, 1.165) is 12.8 Å². The zero-order valence-electron chi connectivity index (χ0n) is 28.4. The number of carbonyl (C=O) groups is 3. The highest BCUT2D eigenvalue weighted by Gasteiger charge is 2.75. The zero-order valence-corrected chi connectivity index (χ0v) is 28.4. The Morgan fingerprint density at radius 1 is 0.956 bits per heavy atom. The minimum Gasteiger partial charge on any atom is -0.458 e. The quantitative estimate of drug-likeness (QED) is 0.0962. The van der Waals surface area contributed by atoms with Crippen LogP contribution >= 0.6 is 0 Å². The molecule has 2 N–H and O–H groups in total. The second-order valence-electron chi connectivity index (χ2n) is 15.2. The van der Waals surface area contributed by atoms with Crippen LogP contribution < -0.4 is 0 Å². The zero-order chi connectivity index (χ0) is 32.9. The van der Waals surface area contributed by atoms with E-state index in [1.54, 1.807) is 26.8 Å². The molecule has 6 nitrogen and oxygen atoms in total. The SMILES string of the molecule is CCCCCCCCCCCCCCCC(=O)OCC(=O)[C@@]1(O)[C@H](C)CC2C3CC=C4CC(=O)C=C[C@]4(C)[C@@]3(F)[C@@H](O)C[C@@]21C. The lowest BCUT2D eigenvalue weighted by molar-refractivity contribution is -0.215. The van der Waals surface area contributed by atoms with Gasteiger partial charge in [-0.2, -0.15) is 0 Å². The van der Waals surface area contributed by atoms with Crippen LogP contribution in [-0.4, -0.2) is 51.7 Å². The van der Waals surface area contributed by atoms with Crippen LogP contribution in [0.25, 0.3) is 0 Å². The van der Waals surface area contributed by atoms with Crippen LogP contribution in [0.5, 0.6) is 0 Å². The van der Waals surface area contributed by atoms with Crippen molar-refractivity contribution in [1.29, 1.82) is 0 Å². The average Bonchev–Trinajstić information content (AvgIpc) is 3.20. The van der Waals surface area contributed by atoms with E-state index in [2.05, 4.69) is 6.92 Å². The molecule has 0 heterocycles. The number of fused-ring (bicyclic) bond motifs is 5. The molecule has 4 aliphatic rings. The van der Waals surface area contributed by atoms with Crippen LogP contribution in [0.4, 0.5) is 4.39 Å².